The monoisotopic (exact) mass is 334 g/mol. The molecule has 0 aliphatic heterocycles. The first kappa shape index (κ1) is 15.5. The third-order valence-electron chi connectivity index (χ3n) is 2.74. The Kier molecular flexibility index (Phi) is 5.20. The van der Waals surface area contributed by atoms with Crippen LogP contribution in [0, 0.1) is 5.41 Å². The molecule has 3 nitrogen and oxygen atoms in total. The zero-order chi connectivity index (χ0) is 13.9. The number of rotatable bonds is 4. The van der Waals surface area contributed by atoms with E-state index in [-0.39, 0.29) is 6.61 Å². The van der Waals surface area contributed by atoms with Crippen molar-refractivity contribution < 1.29 is 14.6 Å². The summed E-state index contributed by atoms with van der Waals surface area (Å²) >= 11 is 9.18. The summed E-state index contributed by atoms with van der Waals surface area (Å²) < 4.78 is 5.64. The minimum atomic E-state index is -1.02. The summed E-state index contributed by atoms with van der Waals surface area (Å²) in [7, 11) is 0. The van der Waals surface area contributed by atoms with Crippen molar-refractivity contribution in [2.45, 2.75) is 26.9 Å². The smallest absolute Gasteiger partial charge is 0.314 e. The second-order valence-corrected chi connectivity index (χ2v) is 5.80. The van der Waals surface area contributed by atoms with E-state index in [1.807, 2.05) is 0 Å². The zero-order valence-corrected chi connectivity index (χ0v) is 12.9. The molecule has 0 saturated carbocycles. The third-order valence-corrected chi connectivity index (χ3v) is 3.66. The minimum Gasteiger partial charge on any atom is -0.465 e. The predicted octanol–water partition coefficient (Wildman–Crippen LogP) is 3.73. The molecule has 0 amide bonds. The molecule has 1 aromatic rings. The van der Waals surface area contributed by atoms with Crippen molar-refractivity contribution in [3.63, 3.8) is 0 Å². The Balaban J connectivity index is 3.05. The maximum atomic E-state index is 11.8. The van der Waals surface area contributed by atoms with Crippen LogP contribution in [0.5, 0.6) is 0 Å². The molecule has 0 aliphatic rings. The fourth-order valence-corrected chi connectivity index (χ4v) is 2.44. The first-order valence-corrected chi connectivity index (χ1v) is 6.78. The van der Waals surface area contributed by atoms with Crippen molar-refractivity contribution >= 4 is 33.5 Å². The summed E-state index contributed by atoms with van der Waals surface area (Å²) in [6.07, 6.45) is -0.969. The van der Waals surface area contributed by atoms with Gasteiger partial charge < -0.3 is 9.84 Å². The van der Waals surface area contributed by atoms with Gasteiger partial charge in [-0.25, -0.2) is 0 Å². The highest BCUT2D eigenvalue weighted by Crippen LogP contribution is 2.38. The lowest BCUT2D eigenvalue weighted by Gasteiger charge is -2.29. The Morgan fingerprint density at radius 3 is 2.67 bits per heavy atom. The van der Waals surface area contributed by atoms with Crippen LogP contribution in [0.25, 0.3) is 0 Å². The molecular formula is C13H16BrClO3. The first-order valence-electron chi connectivity index (χ1n) is 5.61. The van der Waals surface area contributed by atoms with E-state index in [0.717, 1.165) is 0 Å². The lowest BCUT2D eigenvalue weighted by atomic mass is 9.82. The van der Waals surface area contributed by atoms with Crippen LogP contribution in [0.1, 0.15) is 32.4 Å². The lowest BCUT2D eigenvalue weighted by Crippen LogP contribution is -2.33. The van der Waals surface area contributed by atoms with Gasteiger partial charge in [-0.1, -0.05) is 33.6 Å². The topological polar surface area (TPSA) is 46.5 Å². The van der Waals surface area contributed by atoms with Gasteiger partial charge >= 0.3 is 5.97 Å². The van der Waals surface area contributed by atoms with Gasteiger partial charge in [-0.15, -0.1) is 0 Å². The molecular weight excluding hydrogens is 319 g/mol. The van der Waals surface area contributed by atoms with Crippen LogP contribution < -0.4 is 0 Å². The maximum absolute atomic E-state index is 11.8. The lowest BCUT2D eigenvalue weighted by molar-refractivity contribution is -0.160. The van der Waals surface area contributed by atoms with Crippen molar-refractivity contribution in [1.82, 2.24) is 0 Å². The van der Waals surface area contributed by atoms with Gasteiger partial charge in [0.05, 0.1) is 18.1 Å². The standard InChI is InChI=1S/C13H16BrClO3/c1-4-18-12(17)13(2,3)11(16)9-6-5-8(15)7-10(9)14/h5-7,11,16H,4H2,1-3H3. The molecule has 1 N–H and O–H groups in total. The van der Waals surface area contributed by atoms with Crippen LogP contribution in [-0.4, -0.2) is 17.7 Å². The molecule has 100 valence electrons. The number of hydrogen-bond donors (Lipinski definition) is 1. The van der Waals surface area contributed by atoms with E-state index in [9.17, 15) is 9.90 Å². The molecule has 0 radical (unpaired) electrons. The first-order chi connectivity index (χ1) is 8.30. The van der Waals surface area contributed by atoms with Gasteiger partial charge in [0.2, 0.25) is 0 Å². The van der Waals surface area contributed by atoms with E-state index in [4.69, 9.17) is 16.3 Å². The van der Waals surface area contributed by atoms with E-state index in [1.165, 1.54) is 0 Å². The number of esters is 1. The molecule has 0 heterocycles. The Hall–Kier alpha value is -0.580. The van der Waals surface area contributed by atoms with E-state index >= 15 is 0 Å². The summed E-state index contributed by atoms with van der Waals surface area (Å²) in [6.45, 7) is 5.32. The van der Waals surface area contributed by atoms with E-state index in [0.29, 0.717) is 15.1 Å². The van der Waals surface area contributed by atoms with Crippen molar-refractivity contribution in [2.75, 3.05) is 6.61 Å². The van der Waals surface area contributed by atoms with Crippen molar-refractivity contribution in [3.8, 4) is 0 Å². The number of aliphatic hydroxyl groups is 1. The molecule has 5 heteroatoms. The molecule has 0 aliphatic carbocycles. The summed E-state index contributed by atoms with van der Waals surface area (Å²) in [6, 6.07) is 5.05. The normalized spacial score (nSPS) is 13.2. The Morgan fingerprint density at radius 2 is 2.17 bits per heavy atom. The average molecular weight is 336 g/mol. The van der Waals surface area contributed by atoms with Crippen LogP contribution in [0.2, 0.25) is 5.02 Å². The number of carbonyl (C=O) groups is 1. The number of carbonyl (C=O) groups excluding carboxylic acids is 1. The van der Waals surface area contributed by atoms with Crippen LogP contribution in [0.3, 0.4) is 0 Å². The summed E-state index contributed by atoms with van der Waals surface area (Å²) in [5, 5.41) is 10.9. The SMILES string of the molecule is CCOC(=O)C(C)(C)C(O)c1ccc(Cl)cc1Br. The molecule has 0 saturated heterocycles. The molecule has 0 bridgehead atoms. The second kappa shape index (κ2) is 6.04. The highest BCUT2D eigenvalue weighted by molar-refractivity contribution is 9.10. The van der Waals surface area contributed by atoms with Crippen LogP contribution >= 0.6 is 27.5 Å². The van der Waals surface area contributed by atoms with Gasteiger partial charge in [0.1, 0.15) is 0 Å². The van der Waals surface area contributed by atoms with Crippen LogP contribution in [0.15, 0.2) is 22.7 Å². The molecule has 1 rings (SSSR count). The van der Waals surface area contributed by atoms with Gasteiger partial charge in [-0.3, -0.25) is 4.79 Å². The average Bonchev–Trinajstić information content (AvgIpc) is 2.28. The molecule has 0 aromatic heterocycles. The zero-order valence-electron chi connectivity index (χ0n) is 10.5. The quantitative estimate of drug-likeness (QED) is 0.853. The van der Waals surface area contributed by atoms with Gasteiger partial charge in [0.15, 0.2) is 0 Å². The van der Waals surface area contributed by atoms with Gasteiger partial charge in [0.25, 0.3) is 0 Å². The molecule has 0 fully saturated rings. The highest BCUT2D eigenvalue weighted by Gasteiger charge is 2.38. The Bertz CT molecular complexity index is 446. The Morgan fingerprint density at radius 1 is 1.56 bits per heavy atom. The van der Waals surface area contributed by atoms with E-state index in [2.05, 4.69) is 15.9 Å². The van der Waals surface area contributed by atoms with Crippen molar-refractivity contribution in [3.05, 3.63) is 33.3 Å². The van der Waals surface area contributed by atoms with E-state index in [1.54, 1.807) is 39.0 Å². The third kappa shape index (κ3) is 3.25. The molecule has 1 aromatic carbocycles. The Labute approximate surface area is 120 Å². The maximum Gasteiger partial charge on any atom is 0.314 e. The van der Waals surface area contributed by atoms with Gasteiger partial charge in [-0.05, 0) is 38.5 Å². The number of hydrogen-bond acceptors (Lipinski definition) is 3. The summed E-state index contributed by atoms with van der Waals surface area (Å²) in [5.41, 5.74) is -0.413. The van der Waals surface area contributed by atoms with Crippen molar-refractivity contribution in [2.24, 2.45) is 5.41 Å². The highest BCUT2D eigenvalue weighted by atomic mass is 79.9. The molecule has 0 spiro atoms. The number of ether oxygens (including phenoxy) is 1. The second-order valence-electron chi connectivity index (χ2n) is 4.51. The van der Waals surface area contributed by atoms with E-state index < -0.39 is 17.5 Å². The van der Waals surface area contributed by atoms with Crippen LogP contribution in [0.4, 0.5) is 0 Å². The number of aliphatic hydroxyl groups excluding tert-OH is 1. The molecule has 1 atom stereocenters. The molecule has 1 unspecified atom stereocenters. The van der Waals surface area contributed by atoms with Gasteiger partial charge in [0, 0.05) is 9.50 Å². The fourth-order valence-electron chi connectivity index (χ4n) is 1.54. The van der Waals surface area contributed by atoms with Crippen LogP contribution in [-0.2, 0) is 9.53 Å². The minimum absolute atomic E-state index is 0.288. The summed E-state index contributed by atoms with van der Waals surface area (Å²) in [5.74, 6) is -0.431. The fraction of sp³-hybridized carbons (Fsp3) is 0.462. The van der Waals surface area contributed by atoms with Gasteiger partial charge in [-0.2, -0.15) is 0 Å². The van der Waals surface area contributed by atoms with Crippen molar-refractivity contribution in [1.29, 1.82) is 0 Å². The molecule has 18 heavy (non-hydrogen) atoms. The number of halogens is 2. The largest absolute Gasteiger partial charge is 0.465 e. The summed E-state index contributed by atoms with van der Waals surface area (Å²) in [4.78, 5) is 11.8. The predicted molar refractivity (Wildman–Crippen MR) is 74.5 cm³/mol. The number of benzene rings is 1.